The Morgan fingerprint density at radius 1 is 1.12 bits per heavy atom. The van der Waals surface area contributed by atoms with E-state index in [2.05, 4.69) is 16.6 Å². The molecule has 0 aliphatic rings. The second-order valence-electron chi connectivity index (χ2n) is 4.12. The number of amides is 1. The summed E-state index contributed by atoms with van der Waals surface area (Å²) in [6.07, 6.45) is 4.80. The van der Waals surface area contributed by atoms with Gasteiger partial charge >= 0.3 is 0 Å². The molecule has 0 rings (SSSR count). The smallest absolute Gasteiger partial charge is 0.246 e. The molecule has 0 aromatic heterocycles. The van der Waals surface area contributed by atoms with Crippen LogP contribution in [-0.2, 0) is 14.8 Å². The molecule has 0 aromatic carbocycles. The second-order valence-corrected chi connectivity index (χ2v) is 5.95. The van der Waals surface area contributed by atoms with Crippen molar-refractivity contribution in [1.82, 2.24) is 10.0 Å². The normalized spacial score (nSPS) is 11.2. The van der Waals surface area contributed by atoms with Gasteiger partial charge in [0.05, 0.1) is 6.26 Å². The van der Waals surface area contributed by atoms with Crippen molar-refractivity contribution in [3.8, 4) is 0 Å². The van der Waals surface area contributed by atoms with Gasteiger partial charge in [-0.1, -0.05) is 19.4 Å². The lowest BCUT2D eigenvalue weighted by Crippen LogP contribution is -2.24. The van der Waals surface area contributed by atoms with Gasteiger partial charge in [-0.15, -0.1) is 0 Å². The van der Waals surface area contributed by atoms with Crippen molar-refractivity contribution in [3.63, 3.8) is 0 Å². The van der Waals surface area contributed by atoms with Crippen LogP contribution in [0.2, 0.25) is 0 Å². The van der Waals surface area contributed by atoms with Crippen LogP contribution in [0.25, 0.3) is 0 Å². The van der Waals surface area contributed by atoms with Crippen LogP contribution in [0.3, 0.4) is 0 Å². The highest BCUT2D eigenvalue weighted by Crippen LogP contribution is 1.98. The standard InChI is InChI=1S/C11H22N2O3S/c1-10(2)11(14)12-8-6-4-5-7-9-13-17(3,15)16/h13H,1,4-9H2,2-3H3,(H,12,14). The summed E-state index contributed by atoms with van der Waals surface area (Å²) in [4.78, 5) is 11.1. The van der Waals surface area contributed by atoms with Crippen LogP contribution in [-0.4, -0.2) is 33.7 Å². The molecule has 1 amide bonds. The van der Waals surface area contributed by atoms with Gasteiger partial charge in [0.15, 0.2) is 0 Å². The molecule has 0 spiro atoms. The maximum atomic E-state index is 11.1. The van der Waals surface area contributed by atoms with E-state index in [0.29, 0.717) is 18.7 Å². The van der Waals surface area contributed by atoms with E-state index in [9.17, 15) is 13.2 Å². The van der Waals surface area contributed by atoms with Gasteiger partial charge in [0, 0.05) is 18.7 Å². The van der Waals surface area contributed by atoms with Gasteiger partial charge in [0.25, 0.3) is 0 Å². The summed E-state index contributed by atoms with van der Waals surface area (Å²) in [6, 6.07) is 0. The van der Waals surface area contributed by atoms with Crippen LogP contribution >= 0.6 is 0 Å². The molecule has 0 saturated carbocycles. The fourth-order valence-corrected chi connectivity index (χ4v) is 1.73. The first-order chi connectivity index (χ1) is 7.83. The van der Waals surface area contributed by atoms with Crippen molar-refractivity contribution >= 4 is 15.9 Å². The molecule has 0 radical (unpaired) electrons. The SMILES string of the molecule is C=C(C)C(=O)NCCCCCCNS(C)(=O)=O. The van der Waals surface area contributed by atoms with E-state index < -0.39 is 10.0 Å². The van der Waals surface area contributed by atoms with Gasteiger partial charge in [0.2, 0.25) is 15.9 Å². The quantitative estimate of drug-likeness (QED) is 0.476. The predicted octanol–water partition coefficient (Wildman–Crippen LogP) is 0.788. The average Bonchev–Trinajstić information content (AvgIpc) is 2.19. The first-order valence-corrected chi connectivity index (χ1v) is 7.60. The fraction of sp³-hybridized carbons (Fsp3) is 0.727. The number of carbonyl (C=O) groups excluding carboxylic acids is 1. The van der Waals surface area contributed by atoms with Gasteiger partial charge in [-0.2, -0.15) is 0 Å². The molecule has 2 N–H and O–H groups in total. The third-order valence-electron chi connectivity index (χ3n) is 2.14. The highest BCUT2D eigenvalue weighted by Gasteiger charge is 2.00. The lowest BCUT2D eigenvalue weighted by Gasteiger charge is -2.05. The number of nitrogens with one attached hydrogen (secondary N) is 2. The number of unbranched alkanes of at least 4 members (excludes halogenated alkanes) is 3. The first-order valence-electron chi connectivity index (χ1n) is 5.71. The molecule has 0 unspecified atom stereocenters. The van der Waals surface area contributed by atoms with Crippen LogP contribution in [0.1, 0.15) is 32.6 Å². The number of carbonyl (C=O) groups is 1. The maximum absolute atomic E-state index is 11.1. The molecule has 0 aliphatic heterocycles. The van der Waals surface area contributed by atoms with Crippen molar-refractivity contribution in [2.75, 3.05) is 19.3 Å². The molecule has 0 heterocycles. The number of rotatable bonds is 9. The number of hydrogen-bond donors (Lipinski definition) is 2. The van der Waals surface area contributed by atoms with Crippen LogP contribution < -0.4 is 10.0 Å². The summed E-state index contributed by atoms with van der Waals surface area (Å²) in [5.74, 6) is -0.108. The van der Waals surface area contributed by atoms with E-state index >= 15 is 0 Å². The summed E-state index contributed by atoms with van der Waals surface area (Å²) in [7, 11) is -3.06. The van der Waals surface area contributed by atoms with E-state index in [1.807, 2.05) is 0 Å². The zero-order valence-electron chi connectivity index (χ0n) is 10.6. The Balaban J connectivity index is 3.31. The molecule has 0 bridgehead atoms. The van der Waals surface area contributed by atoms with E-state index in [-0.39, 0.29) is 5.91 Å². The Bertz CT molecular complexity index is 350. The van der Waals surface area contributed by atoms with E-state index in [1.165, 1.54) is 0 Å². The molecule has 100 valence electrons. The molecular formula is C11H22N2O3S. The third-order valence-corrected chi connectivity index (χ3v) is 2.87. The highest BCUT2D eigenvalue weighted by atomic mass is 32.2. The summed E-state index contributed by atoms with van der Waals surface area (Å²) < 4.78 is 23.9. The minimum Gasteiger partial charge on any atom is -0.352 e. The largest absolute Gasteiger partial charge is 0.352 e. The summed E-state index contributed by atoms with van der Waals surface area (Å²) in [5.41, 5.74) is 0.516. The van der Waals surface area contributed by atoms with Gasteiger partial charge < -0.3 is 5.32 Å². The highest BCUT2D eigenvalue weighted by molar-refractivity contribution is 7.88. The Kier molecular flexibility index (Phi) is 7.82. The molecule has 0 aromatic rings. The lowest BCUT2D eigenvalue weighted by molar-refractivity contribution is -0.117. The minimum absolute atomic E-state index is 0.108. The van der Waals surface area contributed by atoms with Crippen LogP contribution in [0.5, 0.6) is 0 Å². The first kappa shape index (κ1) is 16.1. The summed E-state index contributed by atoms with van der Waals surface area (Å²) in [6.45, 7) is 6.34. The topological polar surface area (TPSA) is 75.3 Å². The molecule has 0 fully saturated rings. The fourth-order valence-electron chi connectivity index (χ4n) is 1.21. The Hall–Kier alpha value is -0.880. The van der Waals surface area contributed by atoms with Crippen molar-refractivity contribution in [2.45, 2.75) is 32.6 Å². The zero-order valence-corrected chi connectivity index (χ0v) is 11.4. The molecule has 5 nitrogen and oxygen atoms in total. The molecule has 6 heteroatoms. The second kappa shape index (κ2) is 8.25. The predicted molar refractivity (Wildman–Crippen MR) is 69.1 cm³/mol. The third kappa shape index (κ3) is 11.4. The maximum Gasteiger partial charge on any atom is 0.246 e. The van der Waals surface area contributed by atoms with Crippen molar-refractivity contribution in [3.05, 3.63) is 12.2 Å². The minimum atomic E-state index is -3.06. The van der Waals surface area contributed by atoms with E-state index in [0.717, 1.165) is 31.9 Å². The average molecular weight is 262 g/mol. The monoisotopic (exact) mass is 262 g/mol. The van der Waals surface area contributed by atoms with Gasteiger partial charge in [-0.3, -0.25) is 4.79 Å². The molecule has 0 aliphatic carbocycles. The van der Waals surface area contributed by atoms with E-state index in [4.69, 9.17) is 0 Å². The molecular weight excluding hydrogens is 240 g/mol. The van der Waals surface area contributed by atoms with E-state index in [1.54, 1.807) is 6.92 Å². The van der Waals surface area contributed by atoms with Crippen LogP contribution in [0.15, 0.2) is 12.2 Å². The van der Waals surface area contributed by atoms with Crippen LogP contribution in [0.4, 0.5) is 0 Å². The van der Waals surface area contributed by atoms with Crippen molar-refractivity contribution < 1.29 is 13.2 Å². The summed E-state index contributed by atoms with van der Waals surface area (Å²) >= 11 is 0. The van der Waals surface area contributed by atoms with Crippen molar-refractivity contribution in [2.24, 2.45) is 0 Å². The summed E-state index contributed by atoms with van der Waals surface area (Å²) in [5, 5.41) is 2.75. The van der Waals surface area contributed by atoms with Gasteiger partial charge in [-0.25, -0.2) is 13.1 Å². The zero-order chi connectivity index (χ0) is 13.3. The van der Waals surface area contributed by atoms with Gasteiger partial charge in [-0.05, 0) is 19.8 Å². The lowest BCUT2D eigenvalue weighted by atomic mass is 10.2. The Labute approximate surface area is 104 Å². The Morgan fingerprint density at radius 2 is 1.65 bits per heavy atom. The number of sulfonamides is 1. The van der Waals surface area contributed by atoms with Gasteiger partial charge in [0.1, 0.15) is 0 Å². The molecule has 0 atom stereocenters. The Morgan fingerprint density at radius 3 is 2.12 bits per heavy atom. The molecule has 17 heavy (non-hydrogen) atoms. The van der Waals surface area contributed by atoms with Crippen LogP contribution in [0, 0.1) is 0 Å². The van der Waals surface area contributed by atoms with Crippen molar-refractivity contribution in [1.29, 1.82) is 0 Å². The number of hydrogen-bond acceptors (Lipinski definition) is 3. The molecule has 0 saturated heterocycles.